The van der Waals surface area contributed by atoms with Crippen molar-refractivity contribution >= 4 is 22.6 Å². The molecule has 0 fully saturated rings. The number of benzene rings is 2. The first-order valence-corrected chi connectivity index (χ1v) is 9.79. The average Bonchev–Trinajstić information content (AvgIpc) is 3.30. The number of rotatable bonds is 5. The fourth-order valence-corrected chi connectivity index (χ4v) is 3.17. The van der Waals surface area contributed by atoms with Crippen molar-refractivity contribution in [2.24, 2.45) is 0 Å². The highest BCUT2D eigenvalue weighted by Crippen LogP contribution is 2.13. The second kappa shape index (κ2) is 8.62. The van der Waals surface area contributed by atoms with Gasteiger partial charge < -0.3 is 0 Å². The van der Waals surface area contributed by atoms with E-state index in [1.807, 2.05) is 37.3 Å². The molecule has 0 aliphatic heterocycles. The Balaban J connectivity index is 1.53. The SMILES string of the molecule is CCCn1nc(C(=O)NNC(=O)c2cnn(-c3ccccc3)c2)c2ccccc2c1=O. The minimum atomic E-state index is -0.621. The monoisotopic (exact) mass is 416 g/mol. The van der Waals surface area contributed by atoms with Gasteiger partial charge >= 0.3 is 0 Å². The van der Waals surface area contributed by atoms with Crippen LogP contribution in [0.25, 0.3) is 16.5 Å². The first kappa shape index (κ1) is 20.0. The molecule has 0 radical (unpaired) electrons. The molecule has 2 heterocycles. The summed E-state index contributed by atoms with van der Waals surface area (Å²) in [5, 5.41) is 9.19. The molecule has 9 nitrogen and oxygen atoms in total. The minimum Gasteiger partial charge on any atom is -0.267 e. The van der Waals surface area contributed by atoms with Gasteiger partial charge in [-0.25, -0.2) is 9.36 Å². The molecular formula is C22H20N6O3. The number of aryl methyl sites for hydroxylation is 1. The van der Waals surface area contributed by atoms with Crippen LogP contribution >= 0.6 is 0 Å². The van der Waals surface area contributed by atoms with Crippen LogP contribution in [0.3, 0.4) is 0 Å². The Hall–Kier alpha value is -4.27. The highest BCUT2D eigenvalue weighted by molar-refractivity contribution is 6.05. The van der Waals surface area contributed by atoms with Crippen molar-refractivity contribution in [1.82, 2.24) is 30.4 Å². The molecule has 0 aliphatic rings. The number of amides is 2. The molecule has 0 aliphatic carbocycles. The van der Waals surface area contributed by atoms with Crippen LogP contribution in [0.15, 0.2) is 71.8 Å². The smallest absolute Gasteiger partial charge is 0.267 e. The molecule has 0 saturated heterocycles. The quantitative estimate of drug-likeness (QED) is 0.484. The molecule has 0 spiro atoms. The van der Waals surface area contributed by atoms with E-state index in [-0.39, 0.29) is 16.8 Å². The van der Waals surface area contributed by atoms with E-state index < -0.39 is 11.8 Å². The fraction of sp³-hybridized carbons (Fsp3) is 0.136. The first-order valence-electron chi connectivity index (χ1n) is 9.79. The number of nitrogens with one attached hydrogen (secondary N) is 2. The normalized spacial score (nSPS) is 10.7. The molecule has 9 heteroatoms. The van der Waals surface area contributed by atoms with E-state index in [2.05, 4.69) is 21.0 Å². The summed E-state index contributed by atoms with van der Waals surface area (Å²) in [5.41, 5.74) is 5.63. The van der Waals surface area contributed by atoms with Gasteiger partial charge in [-0.3, -0.25) is 25.2 Å². The summed E-state index contributed by atoms with van der Waals surface area (Å²) in [5.74, 6) is -1.15. The number of hydrogen-bond acceptors (Lipinski definition) is 5. The van der Waals surface area contributed by atoms with E-state index in [0.29, 0.717) is 23.7 Å². The van der Waals surface area contributed by atoms with Crippen molar-refractivity contribution in [1.29, 1.82) is 0 Å². The number of para-hydroxylation sites is 1. The zero-order valence-corrected chi connectivity index (χ0v) is 16.8. The Labute approximate surface area is 177 Å². The van der Waals surface area contributed by atoms with Gasteiger partial charge in [-0.2, -0.15) is 10.2 Å². The Bertz CT molecular complexity index is 1310. The average molecular weight is 416 g/mol. The van der Waals surface area contributed by atoms with Crippen molar-refractivity contribution < 1.29 is 9.59 Å². The van der Waals surface area contributed by atoms with Crippen LogP contribution in [0.1, 0.15) is 34.2 Å². The largest absolute Gasteiger partial charge is 0.290 e. The molecule has 2 aromatic heterocycles. The first-order chi connectivity index (χ1) is 15.1. The molecule has 4 rings (SSSR count). The van der Waals surface area contributed by atoms with Crippen LogP contribution < -0.4 is 16.4 Å². The van der Waals surface area contributed by atoms with E-state index in [0.717, 1.165) is 5.69 Å². The van der Waals surface area contributed by atoms with E-state index >= 15 is 0 Å². The third kappa shape index (κ3) is 4.06. The Morgan fingerprint density at radius 2 is 1.61 bits per heavy atom. The molecule has 0 unspecified atom stereocenters. The number of carbonyl (C=O) groups is 2. The van der Waals surface area contributed by atoms with E-state index in [1.54, 1.807) is 35.1 Å². The minimum absolute atomic E-state index is 0.0592. The summed E-state index contributed by atoms with van der Waals surface area (Å²) in [7, 11) is 0. The lowest BCUT2D eigenvalue weighted by atomic mass is 10.1. The number of fused-ring (bicyclic) bond motifs is 1. The molecular weight excluding hydrogens is 396 g/mol. The molecule has 0 atom stereocenters. The fourth-order valence-electron chi connectivity index (χ4n) is 3.17. The Morgan fingerprint density at radius 3 is 2.35 bits per heavy atom. The van der Waals surface area contributed by atoms with Gasteiger partial charge in [0.1, 0.15) is 0 Å². The third-order valence-corrected chi connectivity index (χ3v) is 4.67. The molecule has 156 valence electrons. The maximum absolute atomic E-state index is 12.8. The molecule has 2 amide bonds. The number of hydrazine groups is 1. The molecule has 4 aromatic rings. The van der Waals surface area contributed by atoms with Crippen molar-refractivity contribution in [2.45, 2.75) is 19.9 Å². The summed E-state index contributed by atoms with van der Waals surface area (Å²) in [4.78, 5) is 37.8. The van der Waals surface area contributed by atoms with Crippen LogP contribution in [-0.2, 0) is 6.54 Å². The predicted octanol–water partition coefficient (Wildman–Crippen LogP) is 2.07. The lowest BCUT2D eigenvalue weighted by molar-refractivity contribution is 0.0843. The van der Waals surface area contributed by atoms with Gasteiger partial charge in [0.2, 0.25) is 0 Å². The van der Waals surface area contributed by atoms with Crippen LogP contribution in [0.2, 0.25) is 0 Å². The topological polar surface area (TPSA) is 111 Å². The second-order valence-electron chi connectivity index (χ2n) is 6.84. The molecule has 2 N–H and O–H groups in total. The van der Waals surface area contributed by atoms with Gasteiger partial charge in [0.05, 0.1) is 22.8 Å². The van der Waals surface area contributed by atoms with Gasteiger partial charge in [-0.15, -0.1) is 0 Å². The number of aromatic nitrogens is 4. The van der Waals surface area contributed by atoms with Crippen LogP contribution in [0, 0.1) is 0 Å². The second-order valence-corrected chi connectivity index (χ2v) is 6.84. The lowest BCUT2D eigenvalue weighted by Crippen LogP contribution is -2.42. The van der Waals surface area contributed by atoms with Gasteiger partial charge in [-0.05, 0) is 24.6 Å². The Morgan fingerprint density at radius 1 is 0.935 bits per heavy atom. The summed E-state index contributed by atoms with van der Waals surface area (Å²) in [6.45, 7) is 2.30. The van der Waals surface area contributed by atoms with E-state index in [4.69, 9.17) is 0 Å². The highest BCUT2D eigenvalue weighted by atomic mass is 16.2. The summed E-state index contributed by atoms with van der Waals surface area (Å²) in [6, 6.07) is 16.1. The number of hydrogen-bond donors (Lipinski definition) is 2. The lowest BCUT2D eigenvalue weighted by Gasteiger charge is -2.11. The van der Waals surface area contributed by atoms with Crippen molar-refractivity contribution in [3.05, 3.63) is 88.6 Å². The number of carbonyl (C=O) groups excluding carboxylic acids is 2. The van der Waals surface area contributed by atoms with Gasteiger partial charge in [0.15, 0.2) is 5.69 Å². The molecule has 2 aromatic carbocycles. The van der Waals surface area contributed by atoms with Crippen LogP contribution in [0.5, 0.6) is 0 Å². The van der Waals surface area contributed by atoms with Gasteiger partial charge in [0.25, 0.3) is 17.4 Å². The Kier molecular flexibility index (Phi) is 5.57. The summed E-state index contributed by atoms with van der Waals surface area (Å²) < 4.78 is 2.83. The zero-order valence-electron chi connectivity index (χ0n) is 16.8. The highest BCUT2D eigenvalue weighted by Gasteiger charge is 2.18. The predicted molar refractivity (Wildman–Crippen MR) is 115 cm³/mol. The van der Waals surface area contributed by atoms with Crippen molar-refractivity contribution in [3.8, 4) is 5.69 Å². The van der Waals surface area contributed by atoms with Gasteiger partial charge in [0, 0.05) is 18.1 Å². The summed E-state index contributed by atoms with van der Waals surface area (Å²) >= 11 is 0. The maximum Gasteiger partial charge on any atom is 0.290 e. The van der Waals surface area contributed by atoms with Gasteiger partial charge in [-0.1, -0.05) is 43.3 Å². The summed E-state index contributed by atoms with van der Waals surface area (Å²) in [6.07, 6.45) is 3.66. The van der Waals surface area contributed by atoms with Crippen molar-refractivity contribution in [2.75, 3.05) is 0 Å². The maximum atomic E-state index is 12.8. The third-order valence-electron chi connectivity index (χ3n) is 4.67. The standard InChI is InChI=1S/C22H20N6O3/c1-2-12-27-22(31)18-11-7-6-10-17(18)19(26-27)21(30)25-24-20(29)15-13-23-28(14-15)16-8-4-3-5-9-16/h3-11,13-14H,2,12H2,1H3,(H,24,29)(H,25,30). The molecule has 0 bridgehead atoms. The van der Waals surface area contributed by atoms with E-state index in [9.17, 15) is 14.4 Å². The zero-order chi connectivity index (χ0) is 21.8. The van der Waals surface area contributed by atoms with E-state index in [1.165, 1.54) is 10.9 Å². The van der Waals surface area contributed by atoms with Crippen molar-refractivity contribution in [3.63, 3.8) is 0 Å². The van der Waals surface area contributed by atoms with Crippen LogP contribution in [0.4, 0.5) is 0 Å². The molecule has 0 saturated carbocycles. The number of nitrogens with zero attached hydrogens (tertiary/aromatic N) is 4. The molecule has 31 heavy (non-hydrogen) atoms. The van der Waals surface area contributed by atoms with Crippen LogP contribution in [-0.4, -0.2) is 31.4 Å².